The molecular weight excluding hydrogens is 337 g/mol. The van der Waals surface area contributed by atoms with E-state index < -0.39 is 0 Å². The van der Waals surface area contributed by atoms with Gasteiger partial charge in [0.2, 0.25) is 0 Å². The smallest absolute Gasteiger partial charge is 0.255 e. The minimum Gasteiger partial charge on any atom is -0.494 e. The Bertz CT molecular complexity index is 684. The van der Waals surface area contributed by atoms with Gasteiger partial charge >= 0.3 is 0 Å². The number of benzene rings is 2. The minimum absolute atomic E-state index is 0.260. The summed E-state index contributed by atoms with van der Waals surface area (Å²) in [5, 5.41) is 3.69. The summed E-state index contributed by atoms with van der Waals surface area (Å²) in [7, 11) is 1.59. The van der Waals surface area contributed by atoms with Crippen molar-refractivity contribution in [2.75, 3.05) is 19.0 Å². The van der Waals surface area contributed by atoms with Crippen molar-refractivity contribution in [1.29, 1.82) is 0 Å². The van der Waals surface area contributed by atoms with Gasteiger partial charge in [0.05, 0.1) is 13.2 Å². The van der Waals surface area contributed by atoms with Crippen LogP contribution in [0.15, 0.2) is 36.4 Å². The van der Waals surface area contributed by atoms with E-state index in [0.29, 0.717) is 40.3 Å². The topological polar surface area (TPSA) is 47.6 Å². The van der Waals surface area contributed by atoms with Crippen LogP contribution in [0.2, 0.25) is 10.0 Å². The van der Waals surface area contributed by atoms with E-state index in [1.165, 1.54) is 0 Å². The van der Waals surface area contributed by atoms with Gasteiger partial charge < -0.3 is 14.8 Å². The lowest BCUT2D eigenvalue weighted by molar-refractivity contribution is 0.102. The van der Waals surface area contributed by atoms with Gasteiger partial charge in [0.1, 0.15) is 5.75 Å². The Morgan fingerprint density at radius 2 is 1.83 bits per heavy atom. The Morgan fingerprint density at radius 3 is 2.43 bits per heavy atom. The van der Waals surface area contributed by atoms with Crippen molar-refractivity contribution >= 4 is 34.8 Å². The number of nitrogens with one attached hydrogen (secondary N) is 1. The number of carbonyl (C=O) groups excluding carboxylic acids is 1. The molecule has 2 rings (SSSR count). The molecule has 0 aliphatic heterocycles. The van der Waals surface area contributed by atoms with Crippen molar-refractivity contribution in [3.63, 3.8) is 0 Å². The molecular formula is C17H17Cl2NO3. The highest BCUT2D eigenvalue weighted by atomic mass is 35.5. The Balaban J connectivity index is 2.23. The number of amides is 1. The fourth-order valence-corrected chi connectivity index (χ4v) is 2.64. The zero-order chi connectivity index (χ0) is 16.8. The van der Waals surface area contributed by atoms with Gasteiger partial charge in [-0.25, -0.2) is 0 Å². The van der Waals surface area contributed by atoms with Crippen LogP contribution in [0, 0.1) is 0 Å². The summed E-state index contributed by atoms with van der Waals surface area (Å²) in [4.78, 5) is 12.4. The average molecular weight is 354 g/mol. The van der Waals surface area contributed by atoms with E-state index in [1.807, 2.05) is 6.92 Å². The Morgan fingerprint density at radius 1 is 1.13 bits per heavy atom. The van der Waals surface area contributed by atoms with Crippen LogP contribution >= 0.6 is 23.2 Å². The first-order valence-corrected chi connectivity index (χ1v) is 7.81. The summed E-state index contributed by atoms with van der Waals surface area (Å²) in [5.74, 6) is 0.445. The van der Waals surface area contributed by atoms with Gasteiger partial charge in [-0.2, -0.15) is 0 Å². The van der Waals surface area contributed by atoms with Crippen LogP contribution in [0.25, 0.3) is 0 Å². The molecule has 6 heteroatoms. The second kappa shape index (κ2) is 8.20. The van der Waals surface area contributed by atoms with Gasteiger partial charge in [-0.05, 0) is 43.3 Å². The maximum Gasteiger partial charge on any atom is 0.255 e. The van der Waals surface area contributed by atoms with Crippen LogP contribution in [-0.2, 0) is 11.3 Å². The van der Waals surface area contributed by atoms with Crippen LogP contribution in [0.5, 0.6) is 5.75 Å². The molecule has 2 aromatic carbocycles. The highest BCUT2D eigenvalue weighted by Gasteiger charge is 2.11. The van der Waals surface area contributed by atoms with Crippen LogP contribution in [-0.4, -0.2) is 19.6 Å². The molecule has 1 amide bonds. The van der Waals surface area contributed by atoms with Crippen LogP contribution in [0.3, 0.4) is 0 Å². The minimum atomic E-state index is -0.260. The zero-order valence-electron chi connectivity index (χ0n) is 12.9. The number of hydrogen-bond donors (Lipinski definition) is 1. The Hall–Kier alpha value is -1.75. The molecule has 0 fully saturated rings. The maximum atomic E-state index is 12.4. The summed E-state index contributed by atoms with van der Waals surface area (Å²) >= 11 is 11.9. The van der Waals surface area contributed by atoms with Crippen molar-refractivity contribution in [3.8, 4) is 5.75 Å². The molecule has 23 heavy (non-hydrogen) atoms. The van der Waals surface area contributed by atoms with Crippen molar-refractivity contribution in [3.05, 3.63) is 57.6 Å². The van der Waals surface area contributed by atoms with Gasteiger partial charge in [-0.1, -0.05) is 23.2 Å². The van der Waals surface area contributed by atoms with E-state index in [0.717, 1.165) is 5.56 Å². The highest BCUT2D eigenvalue weighted by molar-refractivity contribution is 6.35. The predicted octanol–water partition coefficient (Wildman–Crippen LogP) is 4.79. The molecule has 0 bridgehead atoms. The lowest BCUT2D eigenvalue weighted by atomic mass is 10.1. The molecule has 0 atom stereocenters. The van der Waals surface area contributed by atoms with Crippen molar-refractivity contribution in [2.45, 2.75) is 13.5 Å². The van der Waals surface area contributed by atoms with Crippen molar-refractivity contribution in [2.24, 2.45) is 0 Å². The van der Waals surface area contributed by atoms with E-state index >= 15 is 0 Å². The van der Waals surface area contributed by atoms with E-state index in [9.17, 15) is 4.79 Å². The van der Waals surface area contributed by atoms with E-state index in [2.05, 4.69) is 5.32 Å². The third-order valence-electron chi connectivity index (χ3n) is 3.04. The fourth-order valence-electron chi connectivity index (χ4n) is 2.11. The van der Waals surface area contributed by atoms with Gasteiger partial charge in [0.15, 0.2) is 0 Å². The monoisotopic (exact) mass is 353 g/mol. The molecule has 0 saturated heterocycles. The molecule has 4 nitrogen and oxygen atoms in total. The number of methoxy groups -OCH3 is 1. The molecule has 0 spiro atoms. The fraction of sp³-hybridized carbons (Fsp3) is 0.235. The predicted molar refractivity (Wildman–Crippen MR) is 92.7 cm³/mol. The number of hydrogen-bond acceptors (Lipinski definition) is 3. The third kappa shape index (κ3) is 4.86. The number of carbonyl (C=O) groups is 1. The first-order chi connectivity index (χ1) is 11.0. The summed E-state index contributed by atoms with van der Waals surface area (Å²) < 4.78 is 10.7. The number of anilines is 1. The molecule has 0 radical (unpaired) electrons. The first-order valence-electron chi connectivity index (χ1n) is 7.05. The Kier molecular flexibility index (Phi) is 6.28. The van der Waals surface area contributed by atoms with E-state index in [4.69, 9.17) is 32.7 Å². The highest BCUT2D eigenvalue weighted by Crippen LogP contribution is 2.24. The van der Waals surface area contributed by atoms with Crippen molar-refractivity contribution < 1.29 is 14.3 Å². The molecule has 0 aliphatic rings. The van der Waals surface area contributed by atoms with Crippen molar-refractivity contribution in [1.82, 2.24) is 0 Å². The van der Waals surface area contributed by atoms with Gasteiger partial charge in [-0.3, -0.25) is 4.79 Å². The molecule has 0 aliphatic carbocycles. The zero-order valence-corrected chi connectivity index (χ0v) is 14.4. The lowest BCUT2D eigenvalue weighted by Crippen LogP contribution is -2.12. The largest absolute Gasteiger partial charge is 0.494 e. The summed E-state index contributed by atoms with van der Waals surface area (Å²) in [6.45, 7) is 2.81. The summed E-state index contributed by atoms with van der Waals surface area (Å²) in [6.07, 6.45) is 0. The standard InChI is InChI=1S/C17H17Cl2NO3/c1-3-23-16-5-4-11(6-12(16)10-22-2)17(21)20-15-8-13(18)7-14(19)9-15/h4-9H,3,10H2,1-2H3,(H,20,21). The second-order valence-corrected chi connectivity index (χ2v) is 5.67. The molecule has 2 aromatic rings. The summed E-state index contributed by atoms with van der Waals surface area (Å²) in [6, 6.07) is 10.1. The summed E-state index contributed by atoms with van der Waals surface area (Å²) in [5.41, 5.74) is 1.84. The third-order valence-corrected chi connectivity index (χ3v) is 3.48. The molecule has 122 valence electrons. The lowest BCUT2D eigenvalue weighted by Gasteiger charge is -2.12. The van der Waals surface area contributed by atoms with Gasteiger partial charge in [0.25, 0.3) is 5.91 Å². The normalized spacial score (nSPS) is 10.4. The molecule has 0 aromatic heterocycles. The SMILES string of the molecule is CCOc1ccc(C(=O)Nc2cc(Cl)cc(Cl)c2)cc1COC. The molecule has 0 unspecified atom stereocenters. The molecule has 1 N–H and O–H groups in total. The van der Waals surface area contributed by atoms with E-state index in [1.54, 1.807) is 43.5 Å². The average Bonchev–Trinajstić information content (AvgIpc) is 2.48. The quantitative estimate of drug-likeness (QED) is 0.811. The first kappa shape index (κ1) is 17.6. The van der Waals surface area contributed by atoms with E-state index in [-0.39, 0.29) is 5.91 Å². The second-order valence-electron chi connectivity index (χ2n) is 4.80. The van der Waals surface area contributed by atoms with Crippen LogP contribution in [0.4, 0.5) is 5.69 Å². The number of ether oxygens (including phenoxy) is 2. The molecule has 0 heterocycles. The van der Waals surface area contributed by atoms with Crippen LogP contribution in [0.1, 0.15) is 22.8 Å². The van der Waals surface area contributed by atoms with Gasteiger partial charge in [-0.15, -0.1) is 0 Å². The Labute approximate surface area is 145 Å². The van der Waals surface area contributed by atoms with Crippen LogP contribution < -0.4 is 10.1 Å². The maximum absolute atomic E-state index is 12.4. The number of halogens is 2. The van der Waals surface area contributed by atoms with Gasteiger partial charge in [0, 0.05) is 34.0 Å². The number of rotatable bonds is 6. The molecule has 0 saturated carbocycles.